The molecule has 0 bridgehead atoms. The summed E-state index contributed by atoms with van der Waals surface area (Å²) >= 11 is 0. The molecule has 1 saturated carbocycles. The molecule has 4 rings (SSSR count). The topological polar surface area (TPSA) is 59.7 Å². The third-order valence-corrected chi connectivity index (χ3v) is 4.26. The number of aliphatic hydroxyl groups is 1. The SMILES string of the molecule is OC(c1ccc(OC(F)(F)F)cc1F)c1cc(C2CC2)cc2ncnn12. The second kappa shape index (κ2) is 5.94. The van der Waals surface area contributed by atoms with Gasteiger partial charge in [0, 0.05) is 11.6 Å². The van der Waals surface area contributed by atoms with Crippen LogP contribution in [0.4, 0.5) is 17.6 Å². The first-order valence-electron chi connectivity index (χ1n) is 7.88. The van der Waals surface area contributed by atoms with Crippen LogP contribution in [0.5, 0.6) is 5.75 Å². The summed E-state index contributed by atoms with van der Waals surface area (Å²) in [5, 5.41) is 14.7. The lowest BCUT2D eigenvalue weighted by Crippen LogP contribution is -2.17. The van der Waals surface area contributed by atoms with Crippen LogP contribution >= 0.6 is 0 Å². The van der Waals surface area contributed by atoms with Crippen molar-refractivity contribution in [3.05, 3.63) is 59.3 Å². The Hall–Kier alpha value is -2.68. The summed E-state index contributed by atoms with van der Waals surface area (Å²) in [6, 6.07) is 6.20. The van der Waals surface area contributed by atoms with Crippen molar-refractivity contribution in [2.45, 2.75) is 31.2 Å². The molecule has 0 amide bonds. The molecule has 5 nitrogen and oxygen atoms in total. The summed E-state index contributed by atoms with van der Waals surface area (Å²) in [6.45, 7) is 0. The van der Waals surface area contributed by atoms with Crippen LogP contribution in [-0.4, -0.2) is 26.1 Å². The van der Waals surface area contributed by atoms with E-state index in [4.69, 9.17) is 0 Å². The number of halogens is 4. The predicted octanol–water partition coefficient (Wildman–Crippen LogP) is 3.73. The normalized spacial score (nSPS) is 16.0. The van der Waals surface area contributed by atoms with Gasteiger partial charge in [-0.2, -0.15) is 5.10 Å². The maximum Gasteiger partial charge on any atom is 0.573 e. The molecule has 1 atom stereocenters. The average molecular weight is 367 g/mol. The van der Waals surface area contributed by atoms with E-state index in [1.54, 1.807) is 6.07 Å². The second-order valence-corrected chi connectivity index (χ2v) is 6.15. The van der Waals surface area contributed by atoms with E-state index in [-0.39, 0.29) is 5.56 Å². The summed E-state index contributed by atoms with van der Waals surface area (Å²) in [6.07, 6.45) is -2.97. The first-order chi connectivity index (χ1) is 12.3. The number of ether oxygens (including phenoxy) is 1. The maximum absolute atomic E-state index is 14.3. The van der Waals surface area contributed by atoms with E-state index in [0.29, 0.717) is 23.3 Å². The number of rotatable bonds is 4. The van der Waals surface area contributed by atoms with Gasteiger partial charge < -0.3 is 9.84 Å². The van der Waals surface area contributed by atoms with Gasteiger partial charge in [0.05, 0.1) is 5.69 Å². The van der Waals surface area contributed by atoms with Gasteiger partial charge >= 0.3 is 6.36 Å². The van der Waals surface area contributed by atoms with Gasteiger partial charge in [-0.15, -0.1) is 13.2 Å². The van der Waals surface area contributed by atoms with Crippen molar-refractivity contribution in [2.24, 2.45) is 0 Å². The quantitative estimate of drug-likeness (QED) is 0.714. The summed E-state index contributed by atoms with van der Waals surface area (Å²) in [7, 11) is 0. The van der Waals surface area contributed by atoms with E-state index >= 15 is 0 Å². The van der Waals surface area contributed by atoms with Crippen molar-refractivity contribution in [2.75, 3.05) is 0 Å². The van der Waals surface area contributed by atoms with Crippen molar-refractivity contribution in [1.82, 2.24) is 14.6 Å². The van der Waals surface area contributed by atoms with Crippen LogP contribution in [0.2, 0.25) is 0 Å². The van der Waals surface area contributed by atoms with Crippen LogP contribution in [0.3, 0.4) is 0 Å². The molecule has 0 radical (unpaired) electrons. The van der Waals surface area contributed by atoms with Crippen molar-refractivity contribution < 1.29 is 27.4 Å². The molecule has 1 aromatic carbocycles. The minimum atomic E-state index is -4.92. The molecule has 0 spiro atoms. The van der Waals surface area contributed by atoms with Gasteiger partial charge in [0.2, 0.25) is 0 Å². The highest BCUT2D eigenvalue weighted by Gasteiger charge is 2.32. The van der Waals surface area contributed by atoms with E-state index in [1.807, 2.05) is 6.07 Å². The van der Waals surface area contributed by atoms with Gasteiger partial charge in [-0.05, 0) is 48.6 Å². The zero-order chi connectivity index (χ0) is 18.5. The largest absolute Gasteiger partial charge is 0.573 e. The average Bonchev–Trinajstić information content (AvgIpc) is 3.30. The molecule has 1 fully saturated rings. The van der Waals surface area contributed by atoms with Crippen LogP contribution in [-0.2, 0) is 0 Å². The van der Waals surface area contributed by atoms with Gasteiger partial charge in [0.15, 0.2) is 5.65 Å². The lowest BCUT2D eigenvalue weighted by molar-refractivity contribution is -0.274. The fourth-order valence-corrected chi connectivity index (χ4v) is 2.90. The van der Waals surface area contributed by atoms with Gasteiger partial charge in [-0.1, -0.05) is 0 Å². The van der Waals surface area contributed by atoms with Crippen LogP contribution in [0.15, 0.2) is 36.7 Å². The number of fused-ring (bicyclic) bond motifs is 1. The van der Waals surface area contributed by atoms with Gasteiger partial charge in [0.25, 0.3) is 0 Å². The molecule has 1 aliphatic rings. The summed E-state index contributed by atoms with van der Waals surface area (Å²) in [4.78, 5) is 4.11. The molecule has 0 saturated heterocycles. The minimum Gasteiger partial charge on any atom is -0.406 e. The summed E-state index contributed by atoms with van der Waals surface area (Å²) in [5.74, 6) is -1.33. The first kappa shape index (κ1) is 16.8. The van der Waals surface area contributed by atoms with Crippen LogP contribution < -0.4 is 4.74 Å². The number of alkyl halides is 3. The van der Waals surface area contributed by atoms with Gasteiger partial charge in [0.1, 0.15) is 24.0 Å². The van der Waals surface area contributed by atoms with Crippen molar-refractivity contribution in [1.29, 1.82) is 0 Å². The molecule has 9 heteroatoms. The highest BCUT2D eigenvalue weighted by molar-refractivity contribution is 5.46. The Morgan fingerprint density at radius 2 is 1.96 bits per heavy atom. The molecular formula is C17H13F4N3O2. The highest BCUT2D eigenvalue weighted by Crippen LogP contribution is 2.41. The number of aromatic nitrogens is 3. The molecule has 1 unspecified atom stereocenters. The Morgan fingerprint density at radius 3 is 2.62 bits per heavy atom. The lowest BCUT2D eigenvalue weighted by Gasteiger charge is -2.16. The van der Waals surface area contributed by atoms with Gasteiger partial charge in [-0.25, -0.2) is 13.9 Å². The predicted molar refractivity (Wildman–Crippen MR) is 82.1 cm³/mol. The molecule has 1 aliphatic carbocycles. The summed E-state index contributed by atoms with van der Waals surface area (Å²) < 4.78 is 56.1. The first-order valence-corrected chi connectivity index (χ1v) is 7.88. The molecule has 0 aliphatic heterocycles. The number of pyridine rings is 1. The van der Waals surface area contributed by atoms with Gasteiger partial charge in [-0.3, -0.25) is 0 Å². The van der Waals surface area contributed by atoms with Crippen LogP contribution in [0, 0.1) is 5.82 Å². The van der Waals surface area contributed by atoms with Crippen LogP contribution in [0.25, 0.3) is 5.65 Å². The number of hydrogen-bond donors (Lipinski definition) is 1. The molecule has 1 N–H and O–H groups in total. The van der Waals surface area contributed by atoms with E-state index in [2.05, 4.69) is 14.8 Å². The zero-order valence-electron chi connectivity index (χ0n) is 13.2. The van der Waals surface area contributed by atoms with Crippen molar-refractivity contribution in [3.8, 4) is 5.75 Å². The second-order valence-electron chi connectivity index (χ2n) is 6.15. The molecule has 2 aromatic heterocycles. The standard InChI is InChI=1S/C17H13F4N3O2/c18-13-7-11(26-17(19,20)21)3-4-12(13)16(25)14-5-10(9-1-2-9)6-15-22-8-23-24(14)15/h3-9,16,25H,1-2H2. The number of nitrogens with zero attached hydrogens (tertiary/aromatic N) is 3. The van der Waals surface area contributed by atoms with Crippen molar-refractivity contribution >= 4 is 5.65 Å². The fourth-order valence-electron chi connectivity index (χ4n) is 2.90. The smallest absolute Gasteiger partial charge is 0.406 e. The highest BCUT2D eigenvalue weighted by atomic mass is 19.4. The Morgan fingerprint density at radius 1 is 1.19 bits per heavy atom. The number of hydrogen-bond acceptors (Lipinski definition) is 4. The fraction of sp³-hybridized carbons (Fsp3) is 0.294. The molecular weight excluding hydrogens is 354 g/mol. The lowest BCUT2D eigenvalue weighted by atomic mass is 10.0. The van der Waals surface area contributed by atoms with E-state index < -0.39 is 24.0 Å². The Bertz CT molecular complexity index is 966. The molecule has 2 heterocycles. The third kappa shape index (κ3) is 3.22. The van der Waals surface area contributed by atoms with Crippen molar-refractivity contribution in [3.63, 3.8) is 0 Å². The Labute approximate surface area is 144 Å². The monoisotopic (exact) mass is 367 g/mol. The number of benzene rings is 1. The maximum atomic E-state index is 14.3. The van der Waals surface area contributed by atoms with Crippen LogP contribution in [0.1, 0.15) is 41.7 Å². The third-order valence-electron chi connectivity index (χ3n) is 4.26. The Balaban J connectivity index is 1.72. The Kier molecular flexibility index (Phi) is 3.83. The van der Waals surface area contributed by atoms with E-state index in [0.717, 1.165) is 30.5 Å². The van der Waals surface area contributed by atoms with E-state index in [9.17, 15) is 22.7 Å². The molecule has 3 aromatic rings. The van der Waals surface area contributed by atoms with E-state index in [1.165, 1.54) is 10.8 Å². The zero-order valence-corrected chi connectivity index (χ0v) is 13.2. The minimum absolute atomic E-state index is 0.177. The number of aliphatic hydroxyl groups excluding tert-OH is 1. The summed E-state index contributed by atoms with van der Waals surface area (Å²) in [5.41, 5.74) is 1.60. The molecule has 136 valence electrons. The molecule has 26 heavy (non-hydrogen) atoms.